The van der Waals surface area contributed by atoms with Crippen LogP contribution in [0, 0.1) is 29.6 Å². The first kappa shape index (κ1) is 23.1. The standard InChI is InChI=1S/C22H22Br3NO5/c1-9(2)19(22(30)31-8-14(27)10-3-5-11(23)6-4-10)26-20(28)15-12-7-13(16(15)21(26)29)18(25)17(12)24/h3-6,9,12-13,15-19H,7-8H2,1-2H3/t12-,13-,15-,16-,17-,18+,19+/m0/s1. The van der Waals surface area contributed by atoms with Gasteiger partial charge in [-0.2, -0.15) is 0 Å². The Morgan fingerprint density at radius 2 is 1.55 bits per heavy atom. The fourth-order valence-electron chi connectivity index (χ4n) is 5.26. The number of benzene rings is 1. The summed E-state index contributed by atoms with van der Waals surface area (Å²) in [6, 6.07) is 5.70. The van der Waals surface area contributed by atoms with Gasteiger partial charge in [0.25, 0.3) is 0 Å². The maximum absolute atomic E-state index is 13.3. The van der Waals surface area contributed by atoms with Crippen LogP contribution in [0.2, 0.25) is 0 Å². The second-order valence-corrected chi connectivity index (χ2v) is 11.8. The monoisotopic (exact) mass is 617 g/mol. The van der Waals surface area contributed by atoms with Crippen molar-refractivity contribution in [2.45, 2.75) is 36.0 Å². The second kappa shape index (κ2) is 8.71. The lowest BCUT2D eigenvalue weighted by atomic mass is 9.81. The van der Waals surface area contributed by atoms with E-state index in [2.05, 4.69) is 47.8 Å². The molecule has 31 heavy (non-hydrogen) atoms. The number of Topliss-reactive ketones (excluding diaryl/α,β-unsaturated/α-hetero) is 1. The lowest BCUT2D eigenvalue weighted by Gasteiger charge is -2.28. The molecule has 6 nitrogen and oxygen atoms in total. The van der Waals surface area contributed by atoms with Crippen molar-refractivity contribution in [3.8, 4) is 0 Å². The summed E-state index contributed by atoms with van der Waals surface area (Å²) in [7, 11) is 0. The number of nitrogens with zero attached hydrogens (tertiary/aromatic N) is 1. The Balaban J connectivity index is 1.49. The number of carbonyl (C=O) groups excluding carboxylic acids is 4. The van der Waals surface area contributed by atoms with Gasteiger partial charge in [-0.3, -0.25) is 19.3 Å². The highest BCUT2D eigenvalue weighted by molar-refractivity contribution is 9.12. The smallest absolute Gasteiger partial charge is 0.330 e. The number of esters is 1. The largest absolute Gasteiger partial charge is 0.456 e. The summed E-state index contributed by atoms with van der Waals surface area (Å²) in [5.74, 6) is -2.63. The minimum atomic E-state index is -1.04. The van der Waals surface area contributed by atoms with Crippen molar-refractivity contribution in [1.82, 2.24) is 4.90 Å². The molecule has 0 radical (unpaired) electrons. The average Bonchev–Trinajstić information content (AvgIpc) is 3.33. The molecule has 1 heterocycles. The Morgan fingerprint density at radius 1 is 1.03 bits per heavy atom. The summed E-state index contributed by atoms with van der Waals surface area (Å²) < 4.78 is 6.13. The molecular weight excluding hydrogens is 598 g/mol. The molecule has 2 aliphatic carbocycles. The van der Waals surface area contributed by atoms with Gasteiger partial charge in [0, 0.05) is 19.7 Å². The van der Waals surface area contributed by atoms with Gasteiger partial charge in [-0.15, -0.1) is 0 Å². The lowest BCUT2D eigenvalue weighted by Crippen LogP contribution is -2.50. The van der Waals surface area contributed by atoms with Crippen LogP contribution >= 0.6 is 47.8 Å². The first-order chi connectivity index (χ1) is 14.6. The van der Waals surface area contributed by atoms with Crippen LogP contribution in [0.4, 0.5) is 0 Å². The number of hydrogen-bond donors (Lipinski definition) is 0. The van der Waals surface area contributed by atoms with Gasteiger partial charge in [-0.05, 0) is 36.3 Å². The highest BCUT2D eigenvalue weighted by Crippen LogP contribution is 2.60. The summed E-state index contributed by atoms with van der Waals surface area (Å²) in [6.45, 7) is 3.10. The Kier molecular flexibility index (Phi) is 6.49. The van der Waals surface area contributed by atoms with Crippen LogP contribution in [0.3, 0.4) is 0 Å². The number of ether oxygens (including phenoxy) is 1. The van der Waals surface area contributed by atoms with E-state index in [-0.39, 0.29) is 45.0 Å². The molecule has 0 unspecified atom stereocenters. The molecule has 7 atom stereocenters. The van der Waals surface area contributed by atoms with E-state index < -0.39 is 30.5 Å². The molecule has 2 amide bonds. The summed E-state index contributed by atoms with van der Waals surface area (Å²) in [5.41, 5.74) is 0.420. The molecule has 1 saturated heterocycles. The Bertz CT molecular complexity index is 902. The molecule has 1 aromatic carbocycles. The first-order valence-electron chi connectivity index (χ1n) is 10.2. The Morgan fingerprint density at radius 3 is 2.03 bits per heavy atom. The quantitative estimate of drug-likeness (QED) is 0.208. The molecule has 0 aromatic heterocycles. The number of amides is 2. The van der Waals surface area contributed by atoms with Gasteiger partial charge in [-0.1, -0.05) is 73.8 Å². The van der Waals surface area contributed by atoms with Gasteiger partial charge in [0.05, 0.1) is 11.8 Å². The molecule has 2 saturated carbocycles. The van der Waals surface area contributed by atoms with Crippen molar-refractivity contribution >= 4 is 71.4 Å². The molecule has 3 fully saturated rings. The second-order valence-electron chi connectivity index (χ2n) is 8.78. The van der Waals surface area contributed by atoms with Crippen molar-refractivity contribution in [3.05, 3.63) is 34.3 Å². The molecule has 3 aliphatic rings. The van der Waals surface area contributed by atoms with E-state index in [9.17, 15) is 19.2 Å². The number of ketones is 1. The molecule has 0 spiro atoms. The van der Waals surface area contributed by atoms with Gasteiger partial charge in [-0.25, -0.2) is 4.79 Å². The molecule has 1 aromatic rings. The van der Waals surface area contributed by atoms with Gasteiger partial charge >= 0.3 is 5.97 Å². The summed E-state index contributed by atoms with van der Waals surface area (Å²) >= 11 is 10.6. The van der Waals surface area contributed by atoms with Crippen LogP contribution in [0.1, 0.15) is 30.6 Å². The van der Waals surface area contributed by atoms with Crippen molar-refractivity contribution in [3.63, 3.8) is 0 Å². The van der Waals surface area contributed by atoms with Gasteiger partial charge in [0.1, 0.15) is 6.04 Å². The Hall–Kier alpha value is -1.06. The number of rotatable bonds is 6. The minimum absolute atomic E-state index is 0.0728. The maximum Gasteiger partial charge on any atom is 0.330 e. The highest BCUT2D eigenvalue weighted by atomic mass is 79.9. The molecule has 166 valence electrons. The minimum Gasteiger partial charge on any atom is -0.456 e. The van der Waals surface area contributed by atoms with Crippen molar-refractivity contribution < 1.29 is 23.9 Å². The highest BCUT2D eigenvalue weighted by Gasteiger charge is 2.67. The molecule has 9 heteroatoms. The Labute approximate surface area is 205 Å². The van der Waals surface area contributed by atoms with E-state index >= 15 is 0 Å². The van der Waals surface area contributed by atoms with E-state index in [1.54, 1.807) is 38.1 Å². The third-order valence-electron chi connectivity index (χ3n) is 6.68. The van der Waals surface area contributed by atoms with E-state index in [0.717, 1.165) is 15.8 Å². The molecule has 0 N–H and O–H groups in total. The summed E-state index contributed by atoms with van der Waals surface area (Å²) in [4.78, 5) is 53.2. The number of hydrogen-bond acceptors (Lipinski definition) is 5. The molecule has 1 aliphatic heterocycles. The third-order valence-corrected chi connectivity index (χ3v) is 10.4. The normalized spacial score (nSPS) is 32.5. The zero-order chi connectivity index (χ0) is 22.6. The maximum atomic E-state index is 13.3. The van der Waals surface area contributed by atoms with Crippen LogP contribution in [0.15, 0.2) is 28.7 Å². The summed E-state index contributed by atoms with van der Waals surface area (Å²) in [5, 5.41) is 0. The fraction of sp³-hybridized carbons (Fsp3) is 0.545. The van der Waals surface area contributed by atoms with Gasteiger partial charge < -0.3 is 4.74 Å². The van der Waals surface area contributed by atoms with Crippen molar-refractivity contribution in [2.75, 3.05) is 6.61 Å². The first-order valence-corrected chi connectivity index (χ1v) is 12.9. The number of halogens is 3. The van der Waals surface area contributed by atoms with E-state index in [1.807, 2.05) is 0 Å². The van der Waals surface area contributed by atoms with Crippen LogP contribution < -0.4 is 0 Å². The zero-order valence-electron chi connectivity index (χ0n) is 17.0. The van der Waals surface area contributed by atoms with Crippen LogP contribution in [0.5, 0.6) is 0 Å². The predicted molar refractivity (Wildman–Crippen MR) is 124 cm³/mol. The van der Waals surface area contributed by atoms with E-state index in [1.165, 1.54) is 0 Å². The number of alkyl halides is 2. The predicted octanol–water partition coefficient (Wildman–Crippen LogP) is 3.98. The molecular formula is C22H22Br3NO5. The fourth-order valence-corrected chi connectivity index (χ4v) is 7.40. The van der Waals surface area contributed by atoms with Crippen LogP contribution in [0.25, 0.3) is 0 Å². The number of carbonyl (C=O) groups is 4. The topological polar surface area (TPSA) is 80.8 Å². The van der Waals surface area contributed by atoms with E-state index in [4.69, 9.17) is 4.74 Å². The summed E-state index contributed by atoms with van der Waals surface area (Å²) in [6.07, 6.45) is 0.824. The third kappa shape index (κ3) is 3.84. The van der Waals surface area contributed by atoms with Gasteiger partial charge in [0.15, 0.2) is 12.4 Å². The van der Waals surface area contributed by atoms with Crippen LogP contribution in [-0.4, -0.2) is 50.8 Å². The van der Waals surface area contributed by atoms with Crippen molar-refractivity contribution in [2.24, 2.45) is 29.6 Å². The average molecular weight is 620 g/mol. The lowest BCUT2D eigenvalue weighted by molar-refractivity contribution is -0.160. The van der Waals surface area contributed by atoms with Crippen LogP contribution in [-0.2, 0) is 19.1 Å². The number of likely N-dealkylation sites (tertiary alicyclic amines) is 1. The number of imide groups is 1. The SMILES string of the molecule is CC(C)[C@H](C(=O)OCC(=O)c1ccc(Br)cc1)N1C(=O)[C@H]2[C@@H]3C[C@H]([C@@H](Br)[C@H]3Br)[C@@H]2C1=O. The zero-order valence-corrected chi connectivity index (χ0v) is 21.7. The van der Waals surface area contributed by atoms with Crippen molar-refractivity contribution in [1.29, 1.82) is 0 Å². The number of fused-ring (bicyclic) bond motifs is 5. The molecule has 4 rings (SSSR count). The van der Waals surface area contributed by atoms with Gasteiger partial charge in [0.2, 0.25) is 11.8 Å². The molecule has 2 bridgehead atoms. The van der Waals surface area contributed by atoms with E-state index in [0.29, 0.717) is 5.56 Å².